The maximum atomic E-state index is 12.8. The Balaban J connectivity index is 2.36. The van der Waals surface area contributed by atoms with Gasteiger partial charge in [-0.3, -0.25) is 0 Å². The molecule has 2 N–H and O–H groups in total. The molecular formula is C14H21ClN2O2S. The first-order chi connectivity index (χ1) is 9.36. The van der Waals surface area contributed by atoms with E-state index in [1.54, 1.807) is 22.5 Å². The van der Waals surface area contributed by atoms with Gasteiger partial charge < -0.3 is 5.73 Å². The molecule has 112 valence electrons. The Morgan fingerprint density at radius 1 is 1.40 bits per heavy atom. The molecule has 0 unspecified atom stereocenters. The van der Waals surface area contributed by atoms with E-state index in [0.29, 0.717) is 19.0 Å². The quantitative estimate of drug-likeness (QED) is 0.877. The number of rotatable bonds is 6. The first-order valence-corrected chi connectivity index (χ1v) is 8.68. The van der Waals surface area contributed by atoms with Gasteiger partial charge in [-0.25, -0.2) is 8.42 Å². The summed E-state index contributed by atoms with van der Waals surface area (Å²) >= 11 is 6.13. The molecule has 4 nitrogen and oxygen atoms in total. The normalized spacial score (nSPS) is 16.1. The topological polar surface area (TPSA) is 63.4 Å². The minimum Gasteiger partial charge on any atom is -0.326 e. The van der Waals surface area contributed by atoms with Crippen molar-refractivity contribution in [3.05, 3.63) is 28.8 Å². The van der Waals surface area contributed by atoms with Crippen molar-refractivity contribution in [3.63, 3.8) is 0 Å². The van der Waals surface area contributed by atoms with Crippen LogP contribution in [0.3, 0.4) is 0 Å². The fourth-order valence-electron chi connectivity index (χ4n) is 2.15. The molecule has 0 radical (unpaired) electrons. The summed E-state index contributed by atoms with van der Waals surface area (Å²) in [6, 6.07) is 4.83. The smallest absolute Gasteiger partial charge is 0.244 e. The average Bonchev–Trinajstić information content (AvgIpc) is 3.18. The molecule has 0 bridgehead atoms. The molecule has 0 aromatic heterocycles. The lowest BCUT2D eigenvalue weighted by molar-refractivity contribution is 0.342. The zero-order valence-electron chi connectivity index (χ0n) is 11.8. The highest BCUT2D eigenvalue weighted by Gasteiger charge is 2.34. The second-order valence-electron chi connectivity index (χ2n) is 5.58. The molecule has 0 amide bonds. The van der Waals surface area contributed by atoms with Gasteiger partial charge in [0.25, 0.3) is 0 Å². The van der Waals surface area contributed by atoms with Gasteiger partial charge in [0.2, 0.25) is 10.0 Å². The van der Waals surface area contributed by atoms with Gasteiger partial charge >= 0.3 is 0 Å². The van der Waals surface area contributed by atoms with Crippen LogP contribution in [0.2, 0.25) is 5.02 Å². The Bertz CT molecular complexity index is 583. The monoisotopic (exact) mass is 316 g/mol. The molecule has 1 aliphatic rings. The van der Waals surface area contributed by atoms with Crippen molar-refractivity contribution in [2.24, 2.45) is 11.7 Å². The zero-order valence-corrected chi connectivity index (χ0v) is 13.4. The van der Waals surface area contributed by atoms with Crippen LogP contribution in [-0.4, -0.2) is 25.3 Å². The predicted molar refractivity (Wildman–Crippen MR) is 81.1 cm³/mol. The number of nitrogens with two attached hydrogens (primary N) is 1. The summed E-state index contributed by atoms with van der Waals surface area (Å²) in [5, 5.41) is 0.245. The van der Waals surface area contributed by atoms with Crippen LogP contribution in [-0.2, 0) is 16.6 Å². The minimum absolute atomic E-state index is 0.0779. The molecule has 1 aromatic carbocycles. The number of hydrogen-bond donors (Lipinski definition) is 1. The third-order valence-electron chi connectivity index (χ3n) is 3.53. The molecule has 0 heterocycles. The number of hydrogen-bond acceptors (Lipinski definition) is 3. The van der Waals surface area contributed by atoms with Crippen LogP contribution in [0.25, 0.3) is 0 Å². The lowest BCUT2D eigenvalue weighted by Crippen LogP contribution is -2.38. The van der Waals surface area contributed by atoms with E-state index in [1.165, 1.54) is 0 Å². The molecule has 20 heavy (non-hydrogen) atoms. The molecule has 1 aliphatic carbocycles. The van der Waals surface area contributed by atoms with E-state index in [1.807, 2.05) is 13.8 Å². The van der Waals surface area contributed by atoms with Crippen LogP contribution in [0.1, 0.15) is 32.3 Å². The molecule has 6 heteroatoms. The van der Waals surface area contributed by atoms with Gasteiger partial charge in [-0.15, -0.1) is 0 Å². The van der Waals surface area contributed by atoms with E-state index in [4.69, 9.17) is 17.3 Å². The Morgan fingerprint density at radius 2 is 2.05 bits per heavy atom. The number of nitrogens with zero attached hydrogens (tertiary/aromatic N) is 1. The van der Waals surface area contributed by atoms with Crippen LogP contribution in [0, 0.1) is 5.92 Å². The summed E-state index contributed by atoms with van der Waals surface area (Å²) in [6.45, 7) is 4.70. The largest absolute Gasteiger partial charge is 0.326 e. The van der Waals surface area contributed by atoms with E-state index in [9.17, 15) is 8.42 Å². The van der Waals surface area contributed by atoms with Crippen molar-refractivity contribution < 1.29 is 8.42 Å². The van der Waals surface area contributed by atoms with Gasteiger partial charge in [-0.05, 0) is 50.3 Å². The average molecular weight is 317 g/mol. The van der Waals surface area contributed by atoms with Crippen LogP contribution in [0.4, 0.5) is 0 Å². The Hall–Kier alpha value is -0.620. The number of halogens is 1. The second-order valence-corrected chi connectivity index (χ2v) is 7.85. The van der Waals surface area contributed by atoms with Crippen LogP contribution >= 0.6 is 11.6 Å². The predicted octanol–water partition coefficient (Wildman–Crippen LogP) is 2.61. The number of benzene rings is 1. The van der Waals surface area contributed by atoms with Crippen molar-refractivity contribution in [1.29, 1.82) is 0 Å². The SMILES string of the molecule is CC(C)N(CC1CC1)S(=O)(=O)c1ccc(CN)cc1Cl. The van der Waals surface area contributed by atoms with Gasteiger partial charge in [0.05, 0.1) is 5.02 Å². The third-order valence-corrected chi connectivity index (χ3v) is 6.05. The minimum atomic E-state index is -3.55. The van der Waals surface area contributed by atoms with Gasteiger partial charge in [0.1, 0.15) is 4.90 Å². The summed E-state index contributed by atoms with van der Waals surface area (Å²) in [6.07, 6.45) is 2.22. The summed E-state index contributed by atoms with van der Waals surface area (Å²) in [4.78, 5) is 0.172. The summed E-state index contributed by atoms with van der Waals surface area (Å²) in [5.41, 5.74) is 6.37. The molecular weight excluding hydrogens is 296 g/mol. The maximum absolute atomic E-state index is 12.8. The summed E-state index contributed by atoms with van der Waals surface area (Å²) < 4.78 is 27.1. The Morgan fingerprint density at radius 3 is 2.50 bits per heavy atom. The molecule has 0 spiro atoms. The summed E-state index contributed by atoms with van der Waals surface area (Å²) in [5.74, 6) is 0.495. The van der Waals surface area contributed by atoms with Gasteiger partial charge in [0, 0.05) is 19.1 Å². The fraction of sp³-hybridized carbons (Fsp3) is 0.571. The molecule has 2 rings (SSSR count). The van der Waals surface area contributed by atoms with Crippen molar-refractivity contribution >= 4 is 21.6 Å². The lowest BCUT2D eigenvalue weighted by atomic mass is 10.2. The lowest BCUT2D eigenvalue weighted by Gasteiger charge is -2.26. The van der Waals surface area contributed by atoms with Crippen LogP contribution in [0.5, 0.6) is 0 Å². The van der Waals surface area contributed by atoms with E-state index in [-0.39, 0.29) is 16.0 Å². The zero-order chi connectivity index (χ0) is 14.9. The highest BCUT2D eigenvalue weighted by molar-refractivity contribution is 7.89. The highest BCUT2D eigenvalue weighted by atomic mass is 35.5. The van der Waals surface area contributed by atoms with Crippen molar-refractivity contribution in [3.8, 4) is 0 Å². The Labute approximate surface area is 126 Å². The van der Waals surface area contributed by atoms with Gasteiger partial charge in [-0.1, -0.05) is 17.7 Å². The first kappa shape index (κ1) is 15.8. The van der Waals surface area contributed by atoms with E-state index >= 15 is 0 Å². The molecule has 0 atom stereocenters. The van der Waals surface area contributed by atoms with Crippen LogP contribution < -0.4 is 5.73 Å². The maximum Gasteiger partial charge on any atom is 0.244 e. The number of sulfonamides is 1. The van der Waals surface area contributed by atoms with Crippen molar-refractivity contribution in [2.45, 2.75) is 44.2 Å². The van der Waals surface area contributed by atoms with Crippen molar-refractivity contribution in [2.75, 3.05) is 6.54 Å². The molecule has 1 fully saturated rings. The molecule has 1 saturated carbocycles. The Kier molecular flexibility index (Phi) is 4.74. The third kappa shape index (κ3) is 3.34. The van der Waals surface area contributed by atoms with Gasteiger partial charge in [0.15, 0.2) is 0 Å². The first-order valence-electron chi connectivity index (χ1n) is 6.86. The van der Waals surface area contributed by atoms with E-state index in [0.717, 1.165) is 18.4 Å². The van der Waals surface area contributed by atoms with Crippen LogP contribution in [0.15, 0.2) is 23.1 Å². The van der Waals surface area contributed by atoms with E-state index < -0.39 is 10.0 Å². The fourth-order valence-corrected chi connectivity index (χ4v) is 4.40. The standard InChI is InChI=1S/C14H21ClN2O2S/c1-10(2)17(9-11-3-4-11)20(18,19)14-6-5-12(8-16)7-13(14)15/h5-7,10-11H,3-4,8-9,16H2,1-2H3. The molecule has 1 aromatic rings. The molecule has 0 saturated heterocycles. The highest BCUT2D eigenvalue weighted by Crippen LogP contribution is 2.34. The van der Waals surface area contributed by atoms with Crippen molar-refractivity contribution in [1.82, 2.24) is 4.31 Å². The van der Waals surface area contributed by atoms with Gasteiger partial charge in [-0.2, -0.15) is 4.31 Å². The summed E-state index contributed by atoms with van der Waals surface area (Å²) in [7, 11) is -3.55. The second kappa shape index (κ2) is 6.02. The van der Waals surface area contributed by atoms with E-state index in [2.05, 4.69) is 0 Å². The molecule has 0 aliphatic heterocycles.